The molecule has 8 heteroatoms. The lowest BCUT2D eigenvalue weighted by Gasteiger charge is -2.25. The van der Waals surface area contributed by atoms with Crippen LogP contribution in [-0.2, 0) is 19.5 Å². The molecule has 0 saturated heterocycles. The van der Waals surface area contributed by atoms with Crippen LogP contribution in [0.2, 0.25) is 0 Å². The van der Waals surface area contributed by atoms with Crippen molar-refractivity contribution in [1.29, 1.82) is 0 Å². The first kappa shape index (κ1) is 20.2. The quantitative estimate of drug-likeness (QED) is 0.351. The molecule has 1 aliphatic carbocycles. The van der Waals surface area contributed by atoms with Crippen molar-refractivity contribution in [2.75, 3.05) is 18.4 Å². The molecule has 1 aliphatic heterocycles. The van der Waals surface area contributed by atoms with Crippen LogP contribution in [-0.4, -0.2) is 38.6 Å². The second-order valence-corrected chi connectivity index (χ2v) is 9.29. The molecule has 170 valence electrons. The van der Waals surface area contributed by atoms with Crippen LogP contribution in [0.25, 0.3) is 16.4 Å². The molecule has 6 rings (SSSR count). The molecule has 0 bridgehead atoms. The number of hydrogen-bond donors (Lipinski definition) is 4. The van der Waals surface area contributed by atoms with Gasteiger partial charge < -0.3 is 20.9 Å². The van der Waals surface area contributed by atoms with Crippen LogP contribution in [0.5, 0.6) is 0 Å². The highest BCUT2D eigenvalue weighted by Crippen LogP contribution is 2.26. The summed E-state index contributed by atoms with van der Waals surface area (Å²) in [5, 5.41) is 15.5. The summed E-state index contributed by atoms with van der Waals surface area (Å²) in [6, 6.07) is 8.48. The first-order valence-electron chi connectivity index (χ1n) is 11.9. The minimum absolute atomic E-state index is 0.205. The maximum absolute atomic E-state index is 12.9. The normalized spacial score (nSPS) is 15.9. The molecule has 1 aromatic carbocycles. The van der Waals surface area contributed by atoms with Crippen molar-refractivity contribution in [1.82, 2.24) is 30.2 Å². The fourth-order valence-corrected chi connectivity index (χ4v) is 4.80. The van der Waals surface area contributed by atoms with Gasteiger partial charge in [0.1, 0.15) is 11.2 Å². The van der Waals surface area contributed by atoms with E-state index in [0.717, 1.165) is 60.8 Å². The summed E-state index contributed by atoms with van der Waals surface area (Å²) < 4.78 is 1.76. The molecule has 2 aliphatic rings. The number of hydrogen-bond acceptors (Lipinski definition) is 5. The lowest BCUT2D eigenvalue weighted by atomic mass is 9.85. The van der Waals surface area contributed by atoms with Crippen LogP contribution in [0.1, 0.15) is 53.0 Å². The predicted molar refractivity (Wildman–Crippen MR) is 128 cm³/mol. The smallest absolute Gasteiger partial charge is 0.271 e. The lowest BCUT2D eigenvalue weighted by molar-refractivity contribution is 0.0945. The van der Waals surface area contributed by atoms with Gasteiger partial charge in [0.2, 0.25) is 0 Å². The van der Waals surface area contributed by atoms with Crippen molar-refractivity contribution in [3.63, 3.8) is 0 Å². The van der Waals surface area contributed by atoms with Gasteiger partial charge in [-0.2, -0.15) is 5.10 Å². The topological polar surface area (TPSA) is 99.1 Å². The molecule has 4 heterocycles. The molecule has 3 aromatic heterocycles. The number of rotatable bonds is 7. The molecule has 0 radical (unpaired) electrons. The van der Waals surface area contributed by atoms with Crippen LogP contribution in [0, 0.1) is 5.92 Å². The SMILES string of the molecule is O=C(NCc1ccc2cc(CNCC3CCC3)[nH]c2c1)c1cn2ncc3c2c(n1)NCCC3. The Morgan fingerprint density at radius 1 is 1.18 bits per heavy atom. The number of aromatic amines is 1. The van der Waals surface area contributed by atoms with E-state index < -0.39 is 0 Å². The van der Waals surface area contributed by atoms with Crippen molar-refractivity contribution >= 4 is 28.1 Å². The van der Waals surface area contributed by atoms with Crippen LogP contribution < -0.4 is 16.0 Å². The highest BCUT2D eigenvalue weighted by Gasteiger charge is 2.18. The lowest BCUT2D eigenvalue weighted by Crippen LogP contribution is -2.26. The Balaban J connectivity index is 1.12. The highest BCUT2D eigenvalue weighted by atomic mass is 16.1. The molecular weight excluding hydrogens is 414 g/mol. The third kappa shape index (κ3) is 4.06. The van der Waals surface area contributed by atoms with E-state index in [1.165, 1.54) is 35.9 Å². The fourth-order valence-electron chi connectivity index (χ4n) is 4.80. The monoisotopic (exact) mass is 443 g/mol. The van der Waals surface area contributed by atoms with E-state index in [-0.39, 0.29) is 5.91 Å². The molecule has 0 atom stereocenters. The van der Waals surface area contributed by atoms with Gasteiger partial charge in [0.25, 0.3) is 5.91 Å². The van der Waals surface area contributed by atoms with Gasteiger partial charge in [0.15, 0.2) is 5.82 Å². The van der Waals surface area contributed by atoms with Crippen molar-refractivity contribution in [2.45, 2.75) is 45.2 Å². The molecule has 0 unspecified atom stereocenters. The van der Waals surface area contributed by atoms with Gasteiger partial charge >= 0.3 is 0 Å². The van der Waals surface area contributed by atoms with Crippen molar-refractivity contribution in [2.24, 2.45) is 5.92 Å². The highest BCUT2D eigenvalue weighted by molar-refractivity contribution is 5.93. The summed E-state index contributed by atoms with van der Waals surface area (Å²) in [4.78, 5) is 20.9. The molecule has 0 spiro atoms. The Bertz CT molecular complexity index is 1320. The maximum Gasteiger partial charge on any atom is 0.271 e. The van der Waals surface area contributed by atoms with Gasteiger partial charge in [-0.25, -0.2) is 9.50 Å². The first-order valence-corrected chi connectivity index (χ1v) is 11.9. The second-order valence-electron chi connectivity index (χ2n) is 9.29. The van der Waals surface area contributed by atoms with Crippen molar-refractivity contribution in [3.05, 3.63) is 59.2 Å². The molecule has 33 heavy (non-hydrogen) atoms. The summed E-state index contributed by atoms with van der Waals surface area (Å²) in [6.45, 7) is 3.24. The number of aryl methyl sites for hydroxylation is 1. The molecule has 1 saturated carbocycles. The third-order valence-electron chi connectivity index (χ3n) is 6.89. The zero-order valence-corrected chi connectivity index (χ0v) is 18.7. The minimum Gasteiger partial charge on any atom is -0.368 e. The third-order valence-corrected chi connectivity index (χ3v) is 6.89. The summed E-state index contributed by atoms with van der Waals surface area (Å²) in [5.74, 6) is 1.39. The van der Waals surface area contributed by atoms with E-state index in [4.69, 9.17) is 0 Å². The van der Waals surface area contributed by atoms with E-state index in [1.54, 1.807) is 10.7 Å². The van der Waals surface area contributed by atoms with Crippen LogP contribution in [0.15, 0.2) is 36.7 Å². The first-order chi connectivity index (χ1) is 16.2. The Morgan fingerprint density at radius 2 is 2.12 bits per heavy atom. The number of anilines is 1. The minimum atomic E-state index is -0.205. The Morgan fingerprint density at radius 3 is 3.00 bits per heavy atom. The van der Waals surface area contributed by atoms with Crippen LogP contribution in [0.3, 0.4) is 0 Å². The number of nitrogens with one attached hydrogen (secondary N) is 4. The van der Waals surface area contributed by atoms with Gasteiger partial charge in [0, 0.05) is 36.4 Å². The number of H-pyrrole nitrogens is 1. The van der Waals surface area contributed by atoms with Gasteiger partial charge in [-0.3, -0.25) is 4.79 Å². The summed E-state index contributed by atoms with van der Waals surface area (Å²) in [6.07, 6.45) is 9.68. The molecular formula is C25H29N7O. The number of carbonyl (C=O) groups excluding carboxylic acids is 1. The molecule has 8 nitrogen and oxygen atoms in total. The van der Waals surface area contributed by atoms with Gasteiger partial charge in [-0.1, -0.05) is 18.6 Å². The molecule has 1 amide bonds. The van der Waals surface area contributed by atoms with Crippen molar-refractivity contribution < 1.29 is 4.79 Å². The fraction of sp³-hybridized carbons (Fsp3) is 0.400. The van der Waals surface area contributed by atoms with E-state index in [2.05, 4.69) is 55.3 Å². The number of carbonyl (C=O) groups is 1. The number of nitrogens with zero attached hydrogens (tertiary/aromatic N) is 3. The average molecular weight is 444 g/mol. The number of benzene rings is 1. The van der Waals surface area contributed by atoms with E-state index in [0.29, 0.717) is 12.2 Å². The number of fused-ring (bicyclic) bond motifs is 1. The zero-order chi connectivity index (χ0) is 22.2. The Labute approximate surface area is 192 Å². The van der Waals surface area contributed by atoms with E-state index >= 15 is 0 Å². The predicted octanol–water partition coefficient (Wildman–Crippen LogP) is 3.39. The number of amides is 1. The second kappa shape index (κ2) is 8.51. The molecule has 4 aromatic rings. The standard InChI is InChI=1S/C25H29N7O/c33-25(22-15-32-23-19(13-29-32)5-2-8-27-24(23)31-22)28-12-17-6-7-18-10-20(30-21(18)9-17)14-26-11-16-3-1-4-16/h6-7,9-10,13,15-16,26,30H,1-5,8,11-12,14H2,(H,27,31)(H,28,33). The molecule has 4 N–H and O–H groups in total. The average Bonchev–Trinajstić information content (AvgIpc) is 3.33. The summed E-state index contributed by atoms with van der Waals surface area (Å²) in [5.41, 5.74) is 5.84. The molecule has 1 fully saturated rings. The maximum atomic E-state index is 12.9. The van der Waals surface area contributed by atoms with Crippen LogP contribution in [0.4, 0.5) is 5.82 Å². The largest absolute Gasteiger partial charge is 0.368 e. The zero-order valence-electron chi connectivity index (χ0n) is 18.7. The Hall–Kier alpha value is -3.39. The van der Waals surface area contributed by atoms with Gasteiger partial charge in [-0.05, 0) is 61.2 Å². The summed E-state index contributed by atoms with van der Waals surface area (Å²) in [7, 11) is 0. The van der Waals surface area contributed by atoms with Crippen LogP contribution >= 0.6 is 0 Å². The Kier molecular flexibility index (Phi) is 5.22. The van der Waals surface area contributed by atoms with E-state index in [9.17, 15) is 4.79 Å². The van der Waals surface area contributed by atoms with Gasteiger partial charge in [0.05, 0.1) is 12.4 Å². The van der Waals surface area contributed by atoms with Crippen molar-refractivity contribution in [3.8, 4) is 0 Å². The summed E-state index contributed by atoms with van der Waals surface area (Å²) >= 11 is 0. The number of aromatic nitrogens is 4. The van der Waals surface area contributed by atoms with E-state index in [1.807, 2.05) is 6.20 Å². The van der Waals surface area contributed by atoms with Gasteiger partial charge in [-0.15, -0.1) is 0 Å².